The zero-order valence-corrected chi connectivity index (χ0v) is 17.1. The first-order chi connectivity index (χ1) is 14.5. The number of rotatable bonds is 5. The van der Waals surface area contributed by atoms with Gasteiger partial charge < -0.3 is 14.4 Å². The molecular formula is C23H23N3O4. The SMILES string of the molecule is COc1cn(-c2ccccc2)nc1C(=O)O[C@@H](C)C(=O)N1c2ccccc2C[C@@H]1C. The van der Waals surface area contributed by atoms with E-state index in [1.165, 1.54) is 7.11 Å². The Morgan fingerprint density at radius 2 is 1.80 bits per heavy atom. The molecule has 1 aliphatic rings. The minimum atomic E-state index is -0.960. The van der Waals surface area contributed by atoms with Crippen LogP contribution in [0, 0.1) is 0 Å². The highest BCUT2D eigenvalue weighted by molar-refractivity contribution is 6.01. The van der Waals surface area contributed by atoms with E-state index in [1.54, 1.807) is 22.7 Å². The topological polar surface area (TPSA) is 73.7 Å². The molecule has 0 spiro atoms. The van der Waals surface area contributed by atoms with Crippen molar-refractivity contribution in [3.8, 4) is 11.4 Å². The third-order valence-corrected chi connectivity index (χ3v) is 5.19. The third-order valence-electron chi connectivity index (χ3n) is 5.19. The molecule has 0 aliphatic carbocycles. The van der Waals surface area contributed by atoms with Gasteiger partial charge >= 0.3 is 5.97 Å². The number of benzene rings is 2. The summed E-state index contributed by atoms with van der Waals surface area (Å²) >= 11 is 0. The van der Waals surface area contributed by atoms with Crippen molar-refractivity contribution in [2.45, 2.75) is 32.4 Å². The summed E-state index contributed by atoms with van der Waals surface area (Å²) in [5.74, 6) is -0.687. The van der Waals surface area contributed by atoms with E-state index < -0.39 is 12.1 Å². The smallest absolute Gasteiger partial charge is 0.363 e. The van der Waals surface area contributed by atoms with Gasteiger partial charge in [0.1, 0.15) is 0 Å². The first kappa shape index (κ1) is 19.7. The molecular weight excluding hydrogens is 382 g/mol. The molecule has 1 amide bonds. The molecule has 1 aromatic heterocycles. The molecule has 7 nitrogen and oxygen atoms in total. The molecule has 154 valence electrons. The van der Waals surface area contributed by atoms with Crippen LogP contribution in [0.2, 0.25) is 0 Å². The molecule has 0 N–H and O–H groups in total. The Kier molecular flexibility index (Phi) is 5.27. The highest BCUT2D eigenvalue weighted by atomic mass is 16.6. The number of hydrogen-bond acceptors (Lipinski definition) is 5. The lowest BCUT2D eigenvalue weighted by Gasteiger charge is -2.25. The number of nitrogens with zero attached hydrogens (tertiary/aromatic N) is 3. The number of fused-ring (bicyclic) bond motifs is 1. The Bertz CT molecular complexity index is 1080. The maximum absolute atomic E-state index is 13.1. The zero-order valence-electron chi connectivity index (χ0n) is 17.1. The van der Waals surface area contributed by atoms with E-state index in [9.17, 15) is 9.59 Å². The number of carbonyl (C=O) groups excluding carboxylic acids is 2. The van der Waals surface area contributed by atoms with Gasteiger partial charge in [-0.2, -0.15) is 5.10 Å². The molecule has 0 saturated carbocycles. The molecule has 0 saturated heterocycles. The molecule has 0 fully saturated rings. The monoisotopic (exact) mass is 405 g/mol. The molecule has 4 rings (SSSR count). The summed E-state index contributed by atoms with van der Waals surface area (Å²) in [5.41, 5.74) is 2.78. The number of anilines is 1. The largest absolute Gasteiger partial charge is 0.493 e. The fourth-order valence-electron chi connectivity index (χ4n) is 3.73. The minimum absolute atomic E-state index is 0.00266. The molecule has 2 aromatic carbocycles. The van der Waals surface area contributed by atoms with Crippen LogP contribution in [0.3, 0.4) is 0 Å². The van der Waals surface area contributed by atoms with Gasteiger partial charge in [-0.25, -0.2) is 9.48 Å². The molecule has 2 atom stereocenters. The van der Waals surface area contributed by atoms with Crippen LogP contribution in [-0.4, -0.2) is 40.9 Å². The molecule has 2 heterocycles. The molecule has 3 aromatic rings. The van der Waals surface area contributed by atoms with Crippen LogP contribution >= 0.6 is 0 Å². The Morgan fingerprint density at radius 1 is 1.10 bits per heavy atom. The van der Waals surface area contributed by atoms with Gasteiger partial charge in [-0.15, -0.1) is 0 Å². The Labute approximate surface area is 174 Å². The maximum atomic E-state index is 13.1. The highest BCUT2D eigenvalue weighted by Crippen LogP contribution is 2.32. The summed E-state index contributed by atoms with van der Waals surface area (Å²) in [6.45, 7) is 3.56. The predicted octanol–water partition coefficient (Wildman–Crippen LogP) is 3.40. The van der Waals surface area contributed by atoms with Crippen LogP contribution in [0.1, 0.15) is 29.9 Å². The second-order valence-electron chi connectivity index (χ2n) is 7.26. The van der Waals surface area contributed by atoms with Gasteiger partial charge in [0.15, 0.2) is 11.9 Å². The van der Waals surface area contributed by atoms with Crippen LogP contribution in [0.4, 0.5) is 5.69 Å². The number of aromatic nitrogens is 2. The van der Waals surface area contributed by atoms with Crippen molar-refractivity contribution >= 4 is 17.6 Å². The normalized spacial score (nSPS) is 16.1. The van der Waals surface area contributed by atoms with E-state index >= 15 is 0 Å². The molecule has 30 heavy (non-hydrogen) atoms. The first-order valence-corrected chi connectivity index (χ1v) is 9.80. The molecule has 0 radical (unpaired) electrons. The van der Waals surface area contributed by atoms with Crippen LogP contribution in [-0.2, 0) is 16.0 Å². The van der Waals surface area contributed by atoms with E-state index in [1.807, 2.05) is 61.5 Å². The number of para-hydroxylation sites is 2. The zero-order chi connectivity index (χ0) is 21.3. The third kappa shape index (κ3) is 3.54. The van der Waals surface area contributed by atoms with Gasteiger partial charge in [0, 0.05) is 11.7 Å². The fraction of sp³-hybridized carbons (Fsp3) is 0.261. The average molecular weight is 405 g/mol. The lowest BCUT2D eigenvalue weighted by Crippen LogP contribution is -2.43. The van der Waals surface area contributed by atoms with Gasteiger partial charge in [-0.05, 0) is 44.0 Å². The molecule has 0 unspecified atom stereocenters. The van der Waals surface area contributed by atoms with Gasteiger partial charge in [0.2, 0.25) is 5.69 Å². The van der Waals surface area contributed by atoms with E-state index in [-0.39, 0.29) is 23.4 Å². The Hall–Kier alpha value is -3.61. The van der Waals surface area contributed by atoms with Crippen LogP contribution in [0.15, 0.2) is 60.8 Å². The second kappa shape index (κ2) is 8.02. The van der Waals surface area contributed by atoms with E-state index in [0.29, 0.717) is 0 Å². The summed E-state index contributed by atoms with van der Waals surface area (Å²) in [5, 5.41) is 4.30. The number of methoxy groups -OCH3 is 1. The van der Waals surface area contributed by atoms with Gasteiger partial charge in [-0.3, -0.25) is 4.79 Å². The van der Waals surface area contributed by atoms with Crippen molar-refractivity contribution in [3.05, 3.63) is 72.1 Å². The van der Waals surface area contributed by atoms with E-state index in [2.05, 4.69) is 5.10 Å². The van der Waals surface area contributed by atoms with Crippen molar-refractivity contribution in [2.75, 3.05) is 12.0 Å². The number of hydrogen-bond donors (Lipinski definition) is 0. The first-order valence-electron chi connectivity index (χ1n) is 9.80. The van der Waals surface area contributed by atoms with Crippen molar-refractivity contribution in [1.82, 2.24) is 9.78 Å². The van der Waals surface area contributed by atoms with Crippen LogP contribution in [0.5, 0.6) is 5.75 Å². The summed E-state index contributed by atoms with van der Waals surface area (Å²) in [6.07, 6.45) is 1.42. The van der Waals surface area contributed by atoms with Crippen LogP contribution < -0.4 is 9.64 Å². The summed E-state index contributed by atoms with van der Waals surface area (Å²) in [6, 6.07) is 17.1. The Morgan fingerprint density at radius 3 is 2.53 bits per heavy atom. The van der Waals surface area contributed by atoms with Crippen molar-refractivity contribution in [3.63, 3.8) is 0 Å². The molecule has 1 aliphatic heterocycles. The Balaban J connectivity index is 1.53. The predicted molar refractivity (Wildman–Crippen MR) is 112 cm³/mol. The highest BCUT2D eigenvalue weighted by Gasteiger charge is 2.35. The maximum Gasteiger partial charge on any atom is 0.363 e. The number of amides is 1. The van der Waals surface area contributed by atoms with Gasteiger partial charge in [0.05, 0.1) is 19.0 Å². The van der Waals surface area contributed by atoms with E-state index in [0.717, 1.165) is 23.4 Å². The summed E-state index contributed by atoms with van der Waals surface area (Å²) < 4.78 is 12.3. The summed E-state index contributed by atoms with van der Waals surface area (Å²) in [7, 11) is 1.46. The molecule has 7 heteroatoms. The minimum Gasteiger partial charge on any atom is -0.493 e. The second-order valence-corrected chi connectivity index (χ2v) is 7.26. The fourth-order valence-corrected chi connectivity index (χ4v) is 3.73. The summed E-state index contributed by atoms with van der Waals surface area (Å²) in [4.78, 5) is 27.5. The number of ether oxygens (including phenoxy) is 2. The molecule has 0 bridgehead atoms. The lowest BCUT2D eigenvalue weighted by atomic mass is 10.1. The number of carbonyl (C=O) groups is 2. The standard InChI is InChI=1S/C23H23N3O4/c1-15-13-17-9-7-8-12-19(17)26(15)22(27)16(2)30-23(28)21-20(29-3)14-25(24-21)18-10-5-4-6-11-18/h4-12,14-16H,13H2,1-3H3/t15-,16-/m0/s1. The average Bonchev–Trinajstić information content (AvgIpc) is 3.34. The van der Waals surface area contributed by atoms with Crippen LogP contribution in [0.25, 0.3) is 5.69 Å². The van der Waals surface area contributed by atoms with Gasteiger partial charge in [-0.1, -0.05) is 36.4 Å². The quantitative estimate of drug-likeness (QED) is 0.608. The van der Waals surface area contributed by atoms with E-state index in [4.69, 9.17) is 9.47 Å². The lowest BCUT2D eigenvalue weighted by molar-refractivity contribution is -0.126. The van der Waals surface area contributed by atoms with Crippen molar-refractivity contribution in [1.29, 1.82) is 0 Å². The van der Waals surface area contributed by atoms with Crippen molar-refractivity contribution < 1.29 is 19.1 Å². The van der Waals surface area contributed by atoms with Crippen molar-refractivity contribution in [2.24, 2.45) is 0 Å². The van der Waals surface area contributed by atoms with Gasteiger partial charge in [0.25, 0.3) is 5.91 Å². The number of esters is 1.